The first-order valence-electron chi connectivity index (χ1n) is 6.32. The van der Waals surface area contributed by atoms with Crippen LogP contribution in [0.4, 0.5) is 5.69 Å². The number of aliphatic imine (C=N–C) groups is 1. The van der Waals surface area contributed by atoms with Gasteiger partial charge in [-0.15, -0.1) is 0 Å². The molecule has 0 unspecified atom stereocenters. The van der Waals surface area contributed by atoms with E-state index in [0.29, 0.717) is 12.5 Å². The predicted octanol–water partition coefficient (Wildman–Crippen LogP) is 1.91. The molecule has 5 heteroatoms. The Bertz CT molecular complexity index is 553. The second-order valence-corrected chi connectivity index (χ2v) is 4.32. The molecule has 1 aromatic heterocycles. The molecule has 3 N–H and O–H groups in total. The highest BCUT2D eigenvalue weighted by Gasteiger charge is 1.98. The maximum atomic E-state index is 5.85. The molecular weight excluding hydrogens is 238 g/mol. The normalized spacial score (nSPS) is 11.6. The molecule has 1 heterocycles. The number of hydrogen-bond acceptors (Lipinski definition) is 2. The van der Waals surface area contributed by atoms with Gasteiger partial charge in [-0.1, -0.05) is 19.1 Å². The van der Waals surface area contributed by atoms with E-state index in [-0.39, 0.29) is 0 Å². The van der Waals surface area contributed by atoms with Gasteiger partial charge < -0.3 is 11.1 Å². The minimum absolute atomic E-state index is 0.408. The van der Waals surface area contributed by atoms with Crippen molar-refractivity contribution < 1.29 is 0 Å². The Morgan fingerprint density at radius 3 is 2.63 bits per heavy atom. The molecule has 5 nitrogen and oxygen atoms in total. The van der Waals surface area contributed by atoms with Crippen LogP contribution in [0, 0.1) is 0 Å². The molecule has 0 radical (unpaired) electrons. The number of nitrogens with zero attached hydrogens (tertiary/aromatic N) is 3. The number of hydrogen-bond donors (Lipinski definition) is 2. The van der Waals surface area contributed by atoms with E-state index in [1.807, 2.05) is 25.2 Å². The lowest BCUT2D eigenvalue weighted by atomic mass is 10.1. The molecule has 0 aliphatic heterocycles. The number of anilines is 1. The lowest BCUT2D eigenvalue weighted by Crippen LogP contribution is -2.22. The highest BCUT2D eigenvalue weighted by Crippen LogP contribution is 2.09. The second-order valence-electron chi connectivity index (χ2n) is 4.32. The Morgan fingerprint density at radius 1 is 1.32 bits per heavy atom. The third-order valence-electron chi connectivity index (χ3n) is 2.97. The molecule has 2 rings (SSSR count). The van der Waals surface area contributed by atoms with E-state index in [1.54, 1.807) is 10.9 Å². The molecule has 19 heavy (non-hydrogen) atoms. The van der Waals surface area contributed by atoms with Gasteiger partial charge in [0.25, 0.3) is 0 Å². The smallest absolute Gasteiger partial charge is 0.193 e. The molecule has 1 aromatic carbocycles. The molecule has 0 aliphatic rings. The Labute approximate surface area is 113 Å². The first-order valence-corrected chi connectivity index (χ1v) is 6.32. The van der Waals surface area contributed by atoms with Gasteiger partial charge in [-0.25, -0.2) is 4.99 Å². The summed E-state index contributed by atoms with van der Waals surface area (Å²) < 4.78 is 1.78. The lowest BCUT2D eigenvalue weighted by molar-refractivity contribution is 0.712. The third kappa shape index (κ3) is 3.58. The summed E-state index contributed by atoms with van der Waals surface area (Å²) >= 11 is 0. The largest absolute Gasteiger partial charge is 0.370 e. The summed E-state index contributed by atoms with van der Waals surface area (Å²) in [7, 11) is 1.89. The first-order chi connectivity index (χ1) is 9.19. The number of aromatic nitrogens is 2. The molecular formula is C14H19N5. The highest BCUT2D eigenvalue weighted by molar-refractivity contribution is 5.92. The minimum Gasteiger partial charge on any atom is -0.370 e. The summed E-state index contributed by atoms with van der Waals surface area (Å²) in [5.74, 6) is 0.408. The Hall–Kier alpha value is -2.30. The minimum atomic E-state index is 0.408. The van der Waals surface area contributed by atoms with Crippen molar-refractivity contribution in [3.8, 4) is 0 Å². The average Bonchev–Trinajstić information content (AvgIpc) is 2.83. The Morgan fingerprint density at radius 2 is 2.05 bits per heavy atom. The fraction of sp³-hybridized carbons (Fsp3) is 0.286. The van der Waals surface area contributed by atoms with Gasteiger partial charge in [0.15, 0.2) is 5.96 Å². The van der Waals surface area contributed by atoms with Crippen LogP contribution in [0.15, 0.2) is 41.5 Å². The summed E-state index contributed by atoms with van der Waals surface area (Å²) in [4.78, 5) is 4.29. The van der Waals surface area contributed by atoms with Crippen molar-refractivity contribution in [1.29, 1.82) is 0 Å². The van der Waals surface area contributed by atoms with Crippen LogP contribution in [0.2, 0.25) is 0 Å². The van der Waals surface area contributed by atoms with E-state index in [1.165, 1.54) is 5.56 Å². The van der Waals surface area contributed by atoms with Gasteiger partial charge in [0, 0.05) is 18.9 Å². The van der Waals surface area contributed by atoms with Gasteiger partial charge in [0.05, 0.1) is 12.2 Å². The van der Waals surface area contributed by atoms with Gasteiger partial charge in [0.1, 0.15) is 0 Å². The maximum absolute atomic E-state index is 5.85. The summed E-state index contributed by atoms with van der Waals surface area (Å²) in [6, 6.07) is 10.1. The second kappa shape index (κ2) is 6.04. The quantitative estimate of drug-likeness (QED) is 0.649. The summed E-state index contributed by atoms with van der Waals surface area (Å²) in [6.07, 6.45) is 2.78. The van der Waals surface area contributed by atoms with Crippen molar-refractivity contribution in [3.63, 3.8) is 0 Å². The van der Waals surface area contributed by atoms with Gasteiger partial charge in [-0.05, 0) is 30.2 Å². The van der Waals surface area contributed by atoms with E-state index < -0.39 is 0 Å². The highest BCUT2D eigenvalue weighted by atomic mass is 15.3. The van der Waals surface area contributed by atoms with Crippen molar-refractivity contribution in [2.75, 3.05) is 5.32 Å². The Balaban J connectivity index is 1.96. The zero-order chi connectivity index (χ0) is 13.7. The SMILES string of the molecule is CCc1ccc(NC(N)=NCc2ccnn2C)cc1. The molecule has 0 saturated heterocycles. The van der Waals surface area contributed by atoms with Gasteiger partial charge in [-0.2, -0.15) is 5.10 Å². The van der Waals surface area contributed by atoms with Crippen LogP contribution in [-0.2, 0) is 20.0 Å². The van der Waals surface area contributed by atoms with Crippen LogP contribution in [0.1, 0.15) is 18.2 Å². The molecule has 0 aliphatic carbocycles. The monoisotopic (exact) mass is 257 g/mol. The molecule has 0 fully saturated rings. The number of nitrogens with one attached hydrogen (secondary N) is 1. The van der Waals surface area contributed by atoms with E-state index in [0.717, 1.165) is 17.8 Å². The van der Waals surface area contributed by atoms with Gasteiger partial charge in [0.2, 0.25) is 0 Å². The summed E-state index contributed by atoms with van der Waals surface area (Å²) in [5, 5.41) is 7.16. The van der Waals surface area contributed by atoms with E-state index in [9.17, 15) is 0 Å². The summed E-state index contributed by atoms with van der Waals surface area (Å²) in [6.45, 7) is 2.65. The molecule has 0 atom stereocenters. The number of aryl methyl sites for hydroxylation is 2. The van der Waals surface area contributed by atoms with Crippen LogP contribution in [0.5, 0.6) is 0 Å². The molecule has 0 spiro atoms. The molecule has 100 valence electrons. The van der Waals surface area contributed by atoms with Crippen LogP contribution < -0.4 is 11.1 Å². The van der Waals surface area contributed by atoms with Crippen LogP contribution in [-0.4, -0.2) is 15.7 Å². The van der Waals surface area contributed by atoms with Crippen molar-refractivity contribution >= 4 is 11.6 Å². The lowest BCUT2D eigenvalue weighted by Gasteiger charge is -2.06. The van der Waals surface area contributed by atoms with Crippen LogP contribution >= 0.6 is 0 Å². The maximum Gasteiger partial charge on any atom is 0.193 e. The Kier molecular flexibility index (Phi) is 4.18. The van der Waals surface area contributed by atoms with E-state index in [4.69, 9.17) is 5.73 Å². The van der Waals surface area contributed by atoms with Crippen molar-refractivity contribution in [1.82, 2.24) is 9.78 Å². The molecule has 0 bridgehead atoms. The zero-order valence-electron chi connectivity index (χ0n) is 11.3. The topological polar surface area (TPSA) is 68.2 Å². The van der Waals surface area contributed by atoms with E-state index >= 15 is 0 Å². The number of guanidine groups is 1. The molecule has 2 aromatic rings. The predicted molar refractivity (Wildman–Crippen MR) is 78.0 cm³/mol. The fourth-order valence-electron chi connectivity index (χ4n) is 1.73. The number of rotatable bonds is 4. The standard InChI is InChI=1S/C14H19N5/c1-3-11-4-6-12(7-5-11)18-14(15)16-10-13-8-9-17-19(13)2/h4-9H,3,10H2,1-2H3,(H3,15,16,18). The fourth-order valence-corrected chi connectivity index (χ4v) is 1.73. The van der Waals surface area contributed by atoms with Gasteiger partial charge in [-0.3, -0.25) is 4.68 Å². The number of benzene rings is 1. The number of nitrogens with two attached hydrogens (primary N) is 1. The molecule has 0 saturated carbocycles. The van der Waals surface area contributed by atoms with Gasteiger partial charge >= 0.3 is 0 Å². The third-order valence-corrected chi connectivity index (χ3v) is 2.97. The van der Waals surface area contributed by atoms with Crippen molar-refractivity contribution in [2.24, 2.45) is 17.8 Å². The van der Waals surface area contributed by atoms with E-state index in [2.05, 4.69) is 34.5 Å². The zero-order valence-corrected chi connectivity index (χ0v) is 11.3. The summed E-state index contributed by atoms with van der Waals surface area (Å²) in [5.41, 5.74) is 9.12. The van der Waals surface area contributed by atoms with Crippen LogP contribution in [0.25, 0.3) is 0 Å². The molecule has 0 amide bonds. The van der Waals surface area contributed by atoms with Crippen LogP contribution in [0.3, 0.4) is 0 Å². The van der Waals surface area contributed by atoms with Crippen molar-refractivity contribution in [2.45, 2.75) is 19.9 Å². The average molecular weight is 257 g/mol. The van der Waals surface area contributed by atoms with Crippen molar-refractivity contribution in [3.05, 3.63) is 47.8 Å². The first kappa shape index (κ1) is 13.1.